The molecule has 0 atom stereocenters. The molecule has 1 heteroatoms. The summed E-state index contributed by atoms with van der Waals surface area (Å²) in [4.78, 5) is 0. The highest BCUT2D eigenvalue weighted by Gasteiger charge is 2.01. The summed E-state index contributed by atoms with van der Waals surface area (Å²) < 4.78 is 0. The Morgan fingerprint density at radius 3 is 2.41 bits per heavy atom. The van der Waals surface area contributed by atoms with E-state index in [1.54, 1.807) is 0 Å². The van der Waals surface area contributed by atoms with Gasteiger partial charge in [0.15, 0.2) is 0 Å². The average molecular weight is 223 g/mol. The molecule has 2 aromatic rings. The van der Waals surface area contributed by atoms with Crippen LogP contribution in [-0.4, -0.2) is 0 Å². The maximum atomic E-state index is 6.04. The van der Waals surface area contributed by atoms with Gasteiger partial charge in [-0.25, -0.2) is 0 Å². The van der Waals surface area contributed by atoms with Crippen LogP contribution in [0.15, 0.2) is 48.5 Å². The van der Waals surface area contributed by atoms with Gasteiger partial charge in [0.05, 0.1) is 0 Å². The molecule has 0 aliphatic carbocycles. The van der Waals surface area contributed by atoms with Gasteiger partial charge in [-0.3, -0.25) is 0 Å². The molecule has 0 aromatic heterocycles. The summed E-state index contributed by atoms with van der Waals surface area (Å²) in [6.45, 7) is 4.14. The molecule has 2 aromatic carbocycles. The summed E-state index contributed by atoms with van der Waals surface area (Å²) in [7, 11) is 0. The molecule has 0 unspecified atom stereocenters. The molecular formula is C16H17N. The molecule has 1 nitrogen and oxygen atoms in total. The van der Waals surface area contributed by atoms with Crippen LogP contribution in [0.4, 0.5) is 5.69 Å². The van der Waals surface area contributed by atoms with Crippen molar-refractivity contribution in [1.82, 2.24) is 0 Å². The molecule has 2 N–H and O–H groups in total. The third-order valence-electron chi connectivity index (χ3n) is 2.81. The highest BCUT2D eigenvalue weighted by molar-refractivity contribution is 5.85. The first-order valence-electron chi connectivity index (χ1n) is 5.76. The van der Waals surface area contributed by atoms with Crippen molar-refractivity contribution in [3.63, 3.8) is 0 Å². The van der Waals surface area contributed by atoms with Gasteiger partial charge in [-0.05, 0) is 36.6 Å². The van der Waals surface area contributed by atoms with Crippen molar-refractivity contribution in [2.45, 2.75) is 13.8 Å². The predicted octanol–water partition coefficient (Wildman–Crippen LogP) is 4.14. The summed E-state index contributed by atoms with van der Waals surface area (Å²) >= 11 is 0. The van der Waals surface area contributed by atoms with Gasteiger partial charge < -0.3 is 5.73 Å². The van der Waals surface area contributed by atoms with Gasteiger partial charge in [-0.2, -0.15) is 0 Å². The van der Waals surface area contributed by atoms with Crippen molar-refractivity contribution in [3.8, 4) is 0 Å². The van der Waals surface area contributed by atoms with E-state index < -0.39 is 0 Å². The van der Waals surface area contributed by atoms with E-state index in [0.717, 1.165) is 11.3 Å². The fraction of sp³-hybridized carbons (Fsp3) is 0.125. The minimum atomic E-state index is 0.842. The lowest BCUT2D eigenvalue weighted by atomic mass is 10.0. The molecular weight excluding hydrogens is 206 g/mol. The highest BCUT2D eigenvalue weighted by Crippen LogP contribution is 2.24. The zero-order valence-corrected chi connectivity index (χ0v) is 10.3. The number of nitrogens with two attached hydrogens (primary N) is 1. The van der Waals surface area contributed by atoms with E-state index in [4.69, 9.17) is 5.73 Å². The molecule has 0 heterocycles. The first-order valence-corrected chi connectivity index (χ1v) is 5.76. The molecule has 0 fully saturated rings. The lowest BCUT2D eigenvalue weighted by molar-refractivity contribution is 1.45. The number of hydrogen-bond acceptors (Lipinski definition) is 1. The zero-order chi connectivity index (χ0) is 12.3. The molecule has 0 saturated heterocycles. The monoisotopic (exact) mass is 223 g/mol. The van der Waals surface area contributed by atoms with Gasteiger partial charge in [-0.15, -0.1) is 0 Å². The van der Waals surface area contributed by atoms with Gasteiger partial charge in [0.2, 0.25) is 0 Å². The average Bonchev–Trinajstić information content (AvgIpc) is 2.30. The van der Waals surface area contributed by atoms with E-state index in [1.807, 2.05) is 24.3 Å². The van der Waals surface area contributed by atoms with E-state index in [2.05, 4.69) is 44.2 Å². The van der Waals surface area contributed by atoms with E-state index in [-0.39, 0.29) is 0 Å². The quantitative estimate of drug-likeness (QED) is 0.601. The van der Waals surface area contributed by atoms with Crippen LogP contribution in [0.3, 0.4) is 0 Å². The molecule has 86 valence electrons. The molecule has 0 spiro atoms. The maximum absolute atomic E-state index is 6.04. The van der Waals surface area contributed by atoms with Gasteiger partial charge in [0.25, 0.3) is 0 Å². The summed E-state index contributed by atoms with van der Waals surface area (Å²) in [5.41, 5.74) is 11.6. The number of hydrogen-bond donors (Lipinski definition) is 1. The Morgan fingerprint density at radius 1 is 1.06 bits per heavy atom. The Kier molecular flexibility index (Phi) is 3.29. The van der Waals surface area contributed by atoms with Crippen LogP contribution in [0.2, 0.25) is 0 Å². The van der Waals surface area contributed by atoms with Crippen LogP contribution in [0, 0.1) is 6.92 Å². The molecule has 2 rings (SSSR count). The van der Waals surface area contributed by atoms with Crippen LogP contribution in [0.5, 0.6) is 0 Å². The van der Waals surface area contributed by atoms with Crippen molar-refractivity contribution in [2.24, 2.45) is 0 Å². The lowest BCUT2D eigenvalue weighted by Crippen LogP contribution is -1.92. The maximum Gasteiger partial charge on any atom is 0.0392 e. The van der Waals surface area contributed by atoms with E-state index in [0.29, 0.717) is 0 Å². The number of aryl methyl sites for hydroxylation is 1. The molecule has 0 bridgehead atoms. The third kappa shape index (κ3) is 2.76. The third-order valence-corrected chi connectivity index (χ3v) is 2.81. The Hall–Kier alpha value is -2.02. The van der Waals surface area contributed by atoms with Crippen LogP contribution >= 0.6 is 0 Å². The number of anilines is 1. The number of nitrogen functional groups attached to an aromatic ring is 1. The fourth-order valence-electron chi connectivity index (χ4n) is 1.92. The van der Waals surface area contributed by atoms with Gasteiger partial charge in [0, 0.05) is 11.3 Å². The van der Waals surface area contributed by atoms with Crippen molar-refractivity contribution in [2.75, 3.05) is 5.73 Å². The molecule has 0 saturated carbocycles. The van der Waals surface area contributed by atoms with Crippen molar-refractivity contribution in [3.05, 3.63) is 65.2 Å². The molecule has 0 aliphatic rings. The van der Waals surface area contributed by atoms with Crippen LogP contribution in [0.1, 0.15) is 23.6 Å². The van der Waals surface area contributed by atoms with Crippen LogP contribution < -0.4 is 5.73 Å². The smallest absolute Gasteiger partial charge is 0.0392 e. The number of benzene rings is 2. The van der Waals surface area contributed by atoms with Crippen molar-refractivity contribution < 1.29 is 0 Å². The Labute approximate surface area is 103 Å². The number of rotatable bonds is 2. The topological polar surface area (TPSA) is 26.0 Å². The van der Waals surface area contributed by atoms with Crippen molar-refractivity contribution in [1.29, 1.82) is 0 Å². The minimum absolute atomic E-state index is 0.842. The van der Waals surface area contributed by atoms with Crippen LogP contribution in [-0.2, 0) is 0 Å². The summed E-state index contributed by atoms with van der Waals surface area (Å²) in [5, 5.41) is 0. The standard InChI is InChI=1S/C16H17N/c1-12-8-9-15(16(17)10-12)13(2)11-14-6-4-3-5-7-14/h3-11H,17H2,1-2H3. The second-order valence-electron chi connectivity index (χ2n) is 4.33. The van der Waals surface area contributed by atoms with Gasteiger partial charge >= 0.3 is 0 Å². The lowest BCUT2D eigenvalue weighted by Gasteiger charge is -2.07. The summed E-state index contributed by atoms with van der Waals surface area (Å²) in [5.74, 6) is 0. The fourth-order valence-corrected chi connectivity index (χ4v) is 1.92. The first kappa shape index (κ1) is 11.5. The Bertz CT molecular complexity index is 539. The second-order valence-corrected chi connectivity index (χ2v) is 4.33. The Morgan fingerprint density at radius 2 is 1.76 bits per heavy atom. The van der Waals surface area contributed by atoms with Gasteiger partial charge in [0.1, 0.15) is 0 Å². The second kappa shape index (κ2) is 4.88. The van der Waals surface area contributed by atoms with E-state index in [9.17, 15) is 0 Å². The number of allylic oxidation sites excluding steroid dienone is 1. The van der Waals surface area contributed by atoms with Crippen molar-refractivity contribution >= 4 is 17.3 Å². The van der Waals surface area contributed by atoms with E-state index >= 15 is 0 Å². The largest absolute Gasteiger partial charge is 0.398 e. The van der Waals surface area contributed by atoms with Crippen LogP contribution in [0.25, 0.3) is 11.6 Å². The predicted molar refractivity (Wildman–Crippen MR) is 75.6 cm³/mol. The normalized spacial score (nSPS) is 11.5. The zero-order valence-electron chi connectivity index (χ0n) is 10.3. The van der Waals surface area contributed by atoms with Gasteiger partial charge in [-0.1, -0.05) is 48.5 Å². The molecule has 0 amide bonds. The molecule has 17 heavy (non-hydrogen) atoms. The summed E-state index contributed by atoms with van der Waals surface area (Å²) in [6, 6.07) is 16.5. The first-order chi connectivity index (χ1) is 8.16. The highest BCUT2D eigenvalue weighted by atomic mass is 14.6. The summed E-state index contributed by atoms with van der Waals surface area (Å²) in [6.07, 6.45) is 2.15. The molecule has 0 aliphatic heterocycles. The minimum Gasteiger partial charge on any atom is -0.398 e. The Balaban J connectivity index is 2.37. The SMILES string of the molecule is CC(=Cc1ccccc1)c1ccc(C)cc1N. The van der Waals surface area contributed by atoms with E-state index in [1.165, 1.54) is 16.7 Å². The molecule has 0 radical (unpaired) electrons.